The fraction of sp³-hybridized carbons (Fsp3) is 0.136. The lowest BCUT2D eigenvalue weighted by Gasteiger charge is -2.17. The van der Waals surface area contributed by atoms with E-state index in [1.807, 2.05) is 36.4 Å². The van der Waals surface area contributed by atoms with Crippen LogP contribution in [-0.4, -0.2) is 17.9 Å². The molecule has 0 unspecified atom stereocenters. The van der Waals surface area contributed by atoms with Gasteiger partial charge in [-0.25, -0.2) is 4.39 Å². The maximum Gasteiger partial charge on any atom is 0.227 e. The Bertz CT molecular complexity index is 1100. The summed E-state index contributed by atoms with van der Waals surface area (Å²) in [5, 5.41) is 3.14. The lowest BCUT2D eigenvalue weighted by atomic mass is 10.0. The van der Waals surface area contributed by atoms with Crippen LogP contribution in [0.15, 0.2) is 71.3 Å². The second-order valence-electron chi connectivity index (χ2n) is 6.44. The highest BCUT2D eigenvalue weighted by Crippen LogP contribution is 2.30. The molecule has 4 aromatic rings. The van der Waals surface area contributed by atoms with E-state index in [1.165, 1.54) is 6.07 Å². The van der Waals surface area contributed by atoms with E-state index in [4.69, 9.17) is 4.42 Å². The number of halogens is 1. The average Bonchev–Trinajstić information content (AvgIpc) is 3.07. The standard InChI is InChI=1S/C22H18FNO2/c1-24(13-16-7-3-5-9-19(16)23)21(25)12-17-14-26-20-11-10-15-6-2-4-8-18(15)22(17)20/h2-11,14H,12-13H2,1H3. The van der Waals surface area contributed by atoms with E-state index in [0.717, 1.165) is 27.3 Å². The molecule has 0 bridgehead atoms. The Hall–Kier alpha value is -3.14. The highest BCUT2D eigenvalue weighted by Gasteiger charge is 2.16. The van der Waals surface area contributed by atoms with Crippen LogP contribution >= 0.6 is 0 Å². The molecule has 3 aromatic carbocycles. The van der Waals surface area contributed by atoms with Crippen LogP contribution in [0.4, 0.5) is 4.39 Å². The number of hydrogen-bond donors (Lipinski definition) is 0. The lowest BCUT2D eigenvalue weighted by Crippen LogP contribution is -2.28. The van der Waals surface area contributed by atoms with Gasteiger partial charge in [0.1, 0.15) is 11.4 Å². The summed E-state index contributed by atoms with van der Waals surface area (Å²) in [6.45, 7) is 0.238. The summed E-state index contributed by atoms with van der Waals surface area (Å²) in [6.07, 6.45) is 1.86. The molecule has 26 heavy (non-hydrogen) atoms. The van der Waals surface area contributed by atoms with Crippen molar-refractivity contribution in [1.29, 1.82) is 0 Å². The molecule has 0 aliphatic rings. The summed E-state index contributed by atoms with van der Waals surface area (Å²) in [4.78, 5) is 14.2. The van der Waals surface area contributed by atoms with Crippen molar-refractivity contribution in [2.45, 2.75) is 13.0 Å². The molecule has 0 atom stereocenters. The van der Waals surface area contributed by atoms with E-state index in [1.54, 1.807) is 36.4 Å². The third-order valence-electron chi connectivity index (χ3n) is 4.67. The fourth-order valence-corrected chi connectivity index (χ4v) is 3.27. The van der Waals surface area contributed by atoms with Gasteiger partial charge in [0.05, 0.1) is 12.7 Å². The minimum absolute atomic E-state index is 0.0797. The van der Waals surface area contributed by atoms with E-state index >= 15 is 0 Å². The number of fused-ring (bicyclic) bond motifs is 3. The van der Waals surface area contributed by atoms with Crippen LogP contribution in [0.1, 0.15) is 11.1 Å². The molecule has 0 N–H and O–H groups in total. The molecule has 4 heteroatoms. The quantitative estimate of drug-likeness (QED) is 0.525. The molecule has 0 aliphatic heterocycles. The van der Waals surface area contributed by atoms with Crippen LogP contribution in [0.2, 0.25) is 0 Å². The number of carbonyl (C=O) groups is 1. The fourth-order valence-electron chi connectivity index (χ4n) is 3.27. The van der Waals surface area contributed by atoms with Crippen molar-refractivity contribution in [3.8, 4) is 0 Å². The van der Waals surface area contributed by atoms with Crippen molar-refractivity contribution in [3.63, 3.8) is 0 Å². The van der Waals surface area contributed by atoms with Crippen molar-refractivity contribution in [2.24, 2.45) is 0 Å². The summed E-state index contributed by atoms with van der Waals surface area (Å²) in [5.41, 5.74) is 2.12. The molecule has 3 nitrogen and oxygen atoms in total. The third-order valence-corrected chi connectivity index (χ3v) is 4.67. The number of carbonyl (C=O) groups excluding carboxylic acids is 1. The molecular weight excluding hydrogens is 329 g/mol. The van der Waals surface area contributed by atoms with E-state index in [-0.39, 0.29) is 24.7 Å². The largest absolute Gasteiger partial charge is 0.464 e. The Morgan fingerprint density at radius 3 is 2.62 bits per heavy atom. The zero-order chi connectivity index (χ0) is 18.1. The molecule has 130 valence electrons. The molecule has 1 aromatic heterocycles. The van der Waals surface area contributed by atoms with Gasteiger partial charge in [0.2, 0.25) is 5.91 Å². The van der Waals surface area contributed by atoms with Gasteiger partial charge in [-0.1, -0.05) is 48.5 Å². The SMILES string of the molecule is CN(Cc1ccccc1F)C(=O)Cc1coc2ccc3ccccc3c12. The Labute approximate surface area is 150 Å². The van der Waals surface area contributed by atoms with Crippen molar-refractivity contribution < 1.29 is 13.6 Å². The first kappa shape index (κ1) is 16.3. The number of likely N-dealkylation sites (N-methyl/N-ethyl adjacent to an activating group) is 1. The predicted molar refractivity (Wildman–Crippen MR) is 100 cm³/mol. The number of benzene rings is 3. The smallest absolute Gasteiger partial charge is 0.227 e. The van der Waals surface area contributed by atoms with Crippen molar-refractivity contribution in [1.82, 2.24) is 4.90 Å². The topological polar surface area (TPSA) is 33.5 Å². The van der Waals surface area contributed by atoms with Gasteiger partial charge >= 0.3 is 0 Å². The zero-order valence-corrected chi connectivity index (χ0v) is 14.4. The van der Waals surface area contributed by atoms with Gasteiger partial charge < -0.3 is 9.32 Å². The average molecular weight is 347 g/mol. The molecule has 0 fully saturated rings. The van der Waals surface area contributed by atoms with Gasteiger partial charge in [-0.05, 0) is 22.9 Å². The first-order chi connectivity index (χ1) is 12.6. The van der Waals surface area contributed by atoms with Crippen LogP contribution in [0, 0.1) is 5.82 Å². The monoisotopic (exact) mass is 347 g/mol. The zero-order valence-electron chi connectivity index (χ0n) is 14.4. The van der Waals surface area contributed by atoms with E-state index in [9.17, 15) is 9.18 Å². The van der Waals surface area contributed by atoms with Gasteiger partial charge in [-0.3, -0.25) is 4.79 Å². The van der Waals surface area contributed by atoms with Crippen LogP contribution in [-0.2, 0) is 17.8 Å². The third kappa shape index (κ3) is 2.94. The minimum atomic E-state index is -0.299. The molecule has 1 amide bonds. The van der Waals surface area contributed by atoms with Gasteiger partial charge in [0.15, 0.2) is 0 Å². The Balaban J connectivity index is 1.62. The van der Waals surface area contributed by atoms with Crippen LogP contribution in [0.5, 0.6) is 0 Å². The van der Waals surface area contributed by atoms with E-state index < -0.39 is 0 Å². The van der Waals surface area contributed by atoms with Gasteiger partial charge in [0, 0.05) is 30.1 Å². The summed E-state index contributed by atoms with van der Waals surface area (Å²) >= 11 is 0. The Morgan fingerprint density at radius 2 is 1.77 bits per heavy atom. The maximum atomic E-state index is 13.8. The van der Waals surface area contributed by atoms with Crippen molar-refractivity contribution in [2.75, 3.05) is 7.05 Å². The molecule has 1 heterocycles. The van der Waals surface area contributed by atoms with Crippen LogP contribution < -0.4 is 0 Å². The molecule has 0 saturated carbocycles. The van der Waals surface area contributed by atoms with Crippen LogP contribution in [0.25, 0.3) is 21.7 Å². The molecular formula is C22H18FNO2. The Kier molecular flexibility index (Phi) is 4.17. The first-order valence-electron chi connectivity index (χ1n) is 8.48. The number of amides is 1. The number of nitrogens with zero attached hydrogens (tertiary/aromatic N) is 1. The normalized spacial score (nSPS) is 11.2. The highest BCUT2D eigenvalue weighted by atomic mass is 19.1. The first-order valence-corrected chi connectivity index (χ1v) is 8.48. The summed E-state index contributed by atoms with van der Waals surface area (Å²) < 4.78 is 19.5. The molecule has 4 rings (SSSR count). The van der Waals surface area contributed by atoms with Gasteiger partial charge in [-0.2, -0.15) is 0 Å². The summed E-state index contributed by atoms with van der Waals surface area (Å²) in [5.74, 6) is -0.379. The van der Waals surface area contributed by atoms with Gasteiger partial charge in [-0.15, -0.1) is 0 Å². The van der Waals surface area contributed by atoms with Gasteiger partial charge in [0.25, 0.3) is 0 Å². The van der Waals surface area contributed by atoms with Crippen LogP contribution in [0.3, 0.4) is 0 Å². The summed E-state index contributed by atoms with van der Waals surface area (Å²) in [7, 11) is 1.69. The molecule has 0 aliphatic carbocycles. The lowest BCUT2D eigenvalue weighted by molar-refractivity contribution is -0.129. The van der Waals surface area contributed by atoms with E-state index in [2.05, 4.69) is 0 Å². The second kappa shape index (κ2) is 6.64. The maximum absolute atomic E-state index is 13.8. The van der Waals surface area contributed by atoms with E-state index in [0.29, 0.717) is 5.56 Å². The predicted octanol–water partition coefficient (Wildman–Crippen LogP) is 4.93. The summed E-state index contributed by atoms with van der Waals surface area (Å²) in [6, 6.07) is 18.5. The minimum Gasteiger partial charge on any atom is -0.464 e. The highest BCUT2D eigenvalue weighted by molar-refractivity contribution is 6.08. The second-order valence-corrected chi connectivity index (χ2v) is 6.44. The number of rotatable bonds is 4. The molecule has 0 saturated heterocycles. The molecule has 0 radical (unpaired) electrons. The molecule has 0 spiro atoms. The number of furan rings is 1. The van der Waals surface area contributed by atoms with Crippen molar-refractivity contribution >= 4 is 27.6 Å². The Morgan fingerprint density at radius 1 is 1.00 bits per heavy atom. The van der Waals surface area contributed by atoms with Crippen molar-refractivity contribution in [3.05, 3.63) is 83.9 Å². The number of hydrogen-bond acceptors (Lipinski definition) is 2.